The molecule has 5 rings (SSSR count). The second kappa shape index (κ2) is 9.00. The van der Waals surface area contributed by atoms with Crippen LogP contribution in [0.5, 0.6) is 0 Å². The number of carbonyl (C=O) groups excluding carboxylic acids is 1. The van der Waals surface area contributed by atoms with Crippen LogP contribution in [0.25, 0.3) is 20.9 Å². The maximum absolute atomic E-state index is 14.6. The molecule has 0 spiro atoms. The SMILES string of the molecule is CN1CC[C@@H](Nc2cccc3c(SC(F)(F)F)c(-c4nnc([C@H]5CCC(=O)N5)o4)sc23)[C@@H](F)C1. The highest BCUT2D eigenvalue weighted by Gasteiger charge is 2.35. The first kappa shape index (κ1) is 23.4. The van der Waals surface area contributed by atoms with Gasteiger partial charge in [-0.2, -0.15) is 13.2 Å². The van der Waals surface area contributed by atoms with Gasteiger partial charge in [0.1, 0.15) is 17.1 Å². The predicted octanol–water partition coefficient (Wildman–Crippen LogP) is 4.97. The molecule has 2 fully saturated rings. The molecular weight excluding hydrogens is 494 g/mol. The zero-order valence-electron chi connectivity index (χ0n) is 18.0. The highest BCUT2D eigenvalue weighted by atomic mass is 32.2. The number of likely N-dealkylation sites (tertiary alicyclic amines) is 1. The molecule has 1 aromatic carbocycles. The second-order valence-corrected chi connectivity index (χ2v) is 10.5. The van der Waals surface area contributed by atoms with Crippen LogP contribution in [-0.2, 0) is 4.79 Å². The van der Waals surface area contributed by atoms with Crippen molar-refractivity contribution >= 4 is 44.8 Å². The number of piperidine rings is 1. The largest absolute Gasteiger partial charge is 0.446 e. The third kappa shape index (κ3) is 4.73. The molecule has 0 aliphatic carbocycles. The fraction of sp³-hybridized carbons (Fsp3) is 0.476. The number of carbonyl (C=O) groups is 1. The van der Waals surface area contributed by atoms with Crippen LogP contribution >= 0.6 is 23.1 Å². The summed E-state index contributed by atoms with van der Waals surface area (Å²) in [6.45, 7) is 1.02. The van der Waals surface area contributed by atoms with E-state index in [1.54, 1.807) is 18.2 Å². The third-order valence-electron chi connectivity index (χ3n) is 5.90. The summed E-state index contributed by atoms with van der Waals surface area (Å²) in [6, 6.07) is 4.10. The fourth-order valence-corrected chi connectivity index (χ4v) is 6.35. The number of rotatable bonds is 5. The number of aromatic nitrogens is 2. The number of amides is 1. The van der Waals surface area contributed by atoms with Crippen molar-refractivity contribution in [1.82, 2.24) is 20.4 Å². The number of hydrogen-bond donors (Lipinski definition) is 2. The van der Waals surface area contributed by atoms with E-state index in [4.69, 9.17) is 4.42 Å². The Hall–Kier alpha value is -2.38. The van der Waals surface area contributed by atoms with E-state index in [1.165, 1.54) is 0 Å². The molecule has 2 N–H and O–H groups in total. The molecule has 0 radical (unpaired) electrons. The van der Waals surface area contributed by atoms with Gasteiger partial charge in [-0.15, -0.1) is 21.5 Å². The molecule has 2 aromatic heterocycles. The number of thiophene rings is 1. The van der Waals surface area contributed by atoms with Gasteiger partial charge in [0, 0.05) is 29.8 Å². The first-order valence-corrected chi connectivity index (χ1v) is 12.3. The van der Waals surface area contributed by atoms with Crippen LogP contribution in [0.4, 0.5) is 23.2 Å². The summed E-state index contributed by atoms with van der Waals surface area (Å²) in [5.41, 5.74) is -3.97. The number of nitrogens with one attached hydrogen (secondary N) is 2. The van der Waals surface area contributed by atoms with Gasteiger partial charge in [-0.3, -0.25) is 4.79 Å². The minimum Gasteiger partial charge on any atom is -0.418 e. The molecule has 3 atom stereocenters. The number of benzene rings is 1. The summed E-state index contributed by atoms with van der Waals surface area (Å²) in [4.78, 5) is 13.6. The first-order chi connectivity index (χ1) is 16.2. The van der Waals surface area contributed by atoms with Gasteiger partial charge in [-0.1, -0.05) is 12.1 Å². The number of thioether (sulfide) groups is 1. The Morgan fingerprint density at radius 2 is 2.12 bits per heavy atom. The molecule has 2 aliphatic heterocycles. The molecular formula is C21H21F4N5O2S2. The lowest BCUT2D eigenvalue weighted by molar-refractivity contribution is -0.119. The van der Waals surface area contributed by atoms with Gasteiger partial charge in [0.05, 0.1) is 16.4 Å². The molecule has 34 heavy (non-hydrogen) atoms. The van der Waals surface area contributed by atoms with Crippen molar-refractivity contribution in [3.63, 3.8) is 0 Å². The highest BCUT2D eigenvalue weighted by Crippen LogP contribution is 2.51. The summed E-state index contributed by atoms with van der Waals surface area (Å²) >= 11 is 0.852. The molecule has 13 heteroatoms. The van der Waals surface area contributed by atoms with Crippen molar-refractivity contribution in [3.8, 4) is 10.8 Å². The average molecular weight is 516 g/mol. The molecule has 182 valence electrons. The highest BCUT2D eigenvalue weighted by molar-refractivity contribution is 8.00. The summed E-state index contributed by atoms with van der Waals surface area (Å²) in [7, 11) is 1.85. The standard InChI is InChI=1S/C21H21F4N5O2S2/c1-30-8-7-12(11(22)9-30)26-13-4-2-3-10-16(13)33-18(17(10)34-21(23,24)25)20-29-28-19(32-20)14-5-6-15(31)27-14/h2-4,11-12,14,26H,5-9H2,1H3,(H,27,31)/t11-,12+,14+/m0/s1. The van der Waals surface area contributed by atoms with E-state index in [1.807, 2.05) is 11.9 Å². The number of anilines is 1. The molecule has 2 aliphatic rings. The van der Waals surface area contributed by atoms with Gasteiger partial charge in [-0.25, -0.2) is 4.39 Å². The first-order valence-electron chi connectivity index (χ1n) is 10.7. The van der Waals surface area contributed by atoms with Gasteiger partial charge < -0.3 is 20.0 Å². The maximum Gasteiger partial charge on any atom is 0.446 e. The molecule has 7 nitrogen and oxygen atoms in total. The minimum absolute atomic E-state index is 0.0398. The van der Waals surface area contributed by atoms with Crippen molar-refractivity contribution in [1.29, 1.82) is 0 Å². The van der Waals surface area contributed by atoms with Crippen LogP contribution in [0.15, 0.2) is 27.5 Å². The van der Waals surface area contributed by atoms with Crippen LogP contribution in [0.2, 0.25) is 0 Å². The van der Waals surface area contributed by atoms with Crippen molar-refractivity contribution in [2.45, 2.75) is 47.9 Å². The number of halogens is 4. The molecule has 0 unspecified atom stereocenters. The Kier molecular flexibility index (Phi) is 6.19. The average Bonchev–Trinajstić information content (AvgIpc) is 3.48. The van der Waals surface area contributed by atoms with Crippen LogP contribution in [0, 0.1) is 0 Å². The topological polar surface area (TPSA) is 83.3 Å². The zero-order valence-corrected chi connectivity index (χ0v) is 19.6. The van der Waals surface area contributed by atoms with E-state index >= 15 is 0 Å². The van der Waals surface area contributed by atoms with E-state index in [9.17, 15) is 22.4 Å². The van der Waals surface area contributed by atoms with E-state index < -0.39 is 23.8 Å². The van der Waals surface area contributed by atoms with Crippen molar-refractivity contribution in [3.05, 3.63) is 24.1 Å². The number of nitrogens with zero attached hydrogens (tertiary/aromatic N) is 3. The smallest absolute Gasteiger partial charge is 0.418 e. The molecule has 2 saturated heterocycles. The van der Waals surface area contributed by atoms with Crippen LogP contribution < -0.4 is 10.6 Å². The molecule has 0 bridgehead atoms. The normalized spacial score (nSPS) is 24.0. The molecule has 1 amide bonds. The summed E-state index contributed by atoms with van der Waals surface area (Å²) in [6.07, 6.45) is 0.280. The van der Waals surface area contributed by atoms with Gasteiger partial charge in [0.2, 0.25) is 11.8 Å². The molecule has 4 heterocycles. The van der Waals surface area contributed by atoms with E-state index in [-0.39, 0.29) is 39.2 Å². The van der Waals surface area contributed by atoms with E-state index in [2.05, 4.69) is 20.8 Å². The minimum atomic E-state index is -4.54. The van der Waals surface area contributed by atoms with Crippen molar-refractivity contribution in [2.75, 3.05) is 25.5 Å². The Balaban J connectivity index is 1.53. The van der Waals surface area contributed by atoms with Crippen molar-refractivity contribution < 1.29 is 26.8 Å². The summed E-state index contributed by atoms with van der Waals surface area (Å²) < 4.78 is 61.3. The van der Waals surface area contributed by atoms with Crippen LogP contribution in [-0.4, -0.2) is 58.9 Å². The Morgan fingerprint density at radius 1 is 1.29 bits per heavy atom. The van der Waals surface area contributed by atoms with Gasteiger partial charge in [-0.05, 0) is 37.7 Å². The van der Waals surface area contributed by atoms with Gasteiger partial charge >= 0.3 is 5.51 Å². The quantitative estimate of drug-likeness (QED) is 0.367. The number of hydrogen-bond acceptors (Lipinski definition) is 8. The lowest BCUT2D eigenvalue weighted by atomic mass is 10.0. The monoisotopic (exact) mass is 515 g/mol. The Morgan fingerprint density at radius 3 is 2.82 bits per heavy atom. The van der Waals surface area contributed by atoms with E-state index in [0.29, 0.717) is 41.6 Å². The fourth-order valence-electron chi connectivity index (χ4n) is 4.25. The lowest BCUT2D eigenvalue weighted by Crippen LogP contribution is -2.46. The predicted molar refractivity (Wildman–Crippen MR) is 122 cm³/mol. The molecule has 3 aromatic rings. The Labute approximate surface area is 200 Å². The summed E-state index contributed by atoms with van der Waals surface area (Å²) in [5.74, 6) is -0.0281. The van der Waals surface area contributed by atoms with Crippen LogP contribution in [0.1, 0.15) is 31.2 Å². The number of fused-ring (bicyclic) bond motifs is 1. The van der Waals surface area contributed by atoms with Crippen LogP contribution in [0.3, 0.4) is 0 Å². The summed E-state index contributed by atoms with van der Waals surface area (Å²) in [5, 5.41) is 14.2. The zero-order chi connectivity index (χ0) is 24.0. The van der Waals surface area contributed by atoms with Gasteiger partial charge in [0.15, 0.2) is 0 Å². The second-order valence-electron chi connectivity index (χ2n) is 8.41. The van der Waals surface area contributed by atoms with E-state index in [0.717, 1.165) is 17.9 Å². The third-order valence-corrected chi connectivity index (χ3v) is 8.12. The molecule has 0 saturated carbocycles. The lowest BCUT2D eigenvalue weighted by Gasteiger charge is -2.33. The Bertz CT molecular complexity index is 1210. The number of alkyl halides is 4. The maximum atomic E-state index is 14.6. The van der Waals surface area contributed by atoms with Crippen molar-refractivity contribution in [2.24, 2.45) is 0 Å². The van der Waals surface area contributed by atoms with Gasteiger partial charge in [0.25, 0.3) is 5.89 Å².